The Balaban J connectivity index is 1.73. The van der Waals surface area contributed by atoms with Crippen LogP contribution in [0.1, 0.15) is 19.8 Å². The van der Waals surface area contributed by atoms with Gasteiger partial charge in [-0.25, -0.2) is 4.39 Å². The highest BCUT2D eigenvalue weighted by atomic mass is 79.9. The average Bonchev–Trinajstić information content (AvgIpc) is 3.44. The van der Waals surface area contributed by atoms with Crippen molar-refractivity contribution in [2.45, 2.75) is 25.8 Å². The largest absolute Gasteiger partial charge is 0.424 e. The predicted octanol–water partition coefficient (Wildman–Crippen LogP) is 6.19. The lowest BCUT2D eigenvalue weighted by atomic mass is 10.2. The Hall–Kier alpha value is -1.92. The Morgan fingerprint density at radius 2 is 2.08 bits per heavy atom. The van der Waals surface area contributed by atoms with Crippen molar-refractivity contribution in [2.75, 3.05) is 5.32 Å². The van der Waals surface area contributed by atoms with Crippen LogP contribution in [-0.4, -0.2) is 16.0 Å². The minimum atomic E-state index is -0.498. The quantitative estimate of drug-likeness (QED) is 0.518. The third-order valence-electron chi connectivity index (χ3n) is 4.45. The first-order valence-electron chi connectivity index (χ1n) is 8.37. The number of halogens is 3. The summed E-state index contributed by atoms with van der Waals surface area (Å²) in [5, 5.41) is 4.39. The highest BCUT2D eigenvalue weighted by molar-refractivity contribution is 9.10. The molecule has 134 valence electrons. The van der Waals surface area contributed by atoms with Crippen LogP contribution in [0.15, 0.2) is 40.9 Å². The minimum Gasteiger partial charge on any atom is -0.424 e. The molecule has 2 aromatic carbocycles. The minimum absolute atomic E-state index is 0.00910. The summed E-state index contributed by atoms with van der Waals surface area (Å²) < 4.78 is 19.9. The molecule has 1 heterocycles. The van der Waals surface area contributed by atoms with Crippen LogP contribution >= 0.6 is 27.5 Å². The predicted molar refractivity (Wildman–Crippen MR) is 105 cm³/mol. The van der Waals surface area contributed by atoms with Crippen molar-refractivity contribution in [1.29, 1.82) is 0 Å². The zero-order valence-corrected chi connectivity index (χ0v) is 16.3. The molecule has 4 nitrogen and oxygen atoms in total. The Morgan fingerprint density at radius 3 is 2.81 bits per heavy atom. The molecular formula is C19H16BrClFN3O. The summed E-state index contributed by atoms with van der Waals surface area (Å²) in [5.74, 6) is 1.28. The van der Waals surface area contributed by atoms with Crippen molar-refractivity contribution in [3.05, 3.63) is 51.7 Å². The Bertz CT molecular complexity index is 980. The Labute approximate surface area is 163 Å². The van der Waals surface area contributed by atoms with Crippen LogP contribution in [0, 0.1) is 11.7 Å². The van der Waals surface area contributed by atoms with Gasteiger partial charge in [-0.05, 0) is 65.9 Å². The van der Waals surface area contributed by atoms with E-state index in [-0.39, 0.29) is 11.0 Å². The topological polar surface area (TPSA) is 47.0 Å². The lowest BCUT2D eigenvalue weighted by Crippen LogP contribution is -2.18. The van der Waals surface area contributed by atoms with Crippen molar-refractivity contribution in [1.82, 2.24) is 9.97 Å². The maximum atomic E-state index is 13.4. The van der Waals surface area contributed by atoms with Crippen LogP contribution in [0.25, 0.3) is 10.9 Å². The van der Waals surface area contributed by atoms with Gasteiger partial charge < -0.3 is 10.1 Å². The molecule has 1 atom stereocenters. The van der Waals surface area contributed by atoms with E-state index in [0.717, 1.165) is 21.2 Å². The third kappa shape index (κ3) is 3.62. The molecule has 0 radical (unpaired) electrons. The van der Waals surface area contributed by atoms with Crippen LogP contribution in [0.2, 0.25) is 5.02 Å². The van der Waals surface area contributed by atoms with Gasteiger partial charge in [0.05, 0.1) is 10.5 Å². The number of benzene rings is 2. The molecule has 1 aromatic heterocycles. The van der Waals surface area contributed by atoms with E-state index in [2.05, 4.69) is 38.1 Å². The molecule has 1 aliphatic rings. The first-order valence-corrected chi connectivity index (χ1v) is 9.54. The van der Waals surface area contributed by atoms with Crippen LogP contribution in [0.5, 0.6) is 11.8 Å². The van der Waals surface area contributed by atoms with E-state index in [4.69, 9.17) is 16.3 Å². The van der Waals surface area contributed by atoms with Crippen molar-refractivity contribution in [2.24, 2.45) is 5.92 Å². The number of hydrogen-bond donors (Lipinski definition) is 1. The van der Waals surface area contributed by atoms with Crippen LogP contribution in [0.3, 0.4) is 0 Å². The Morgan fingerprint density at radius 1 is 1.27 bits per heavy atom. The normalized spacial score (nSPS) is 15.1. The summed E-state index contributed by atoms with van der Waals surface area (Å²) in [6.45, 7) is 2.16. The molecule has 4 rings (SSSR count). The van der Waals surface area contributed by atoms with Gasteiger partial charge in [0.1, 0.15) is 17.4 Å². The number of hydrogen-bond acceptors (Lipinski definition) is 4. The van der Waals surface area contributed by atoms with Crippen molar-refractivity contribution in [3.8, 4) is 11.8 Å². The number of nitrogens with zero attached hydrogens (tertiary/aromatic N) is 2. The fourth-order valence-corrected chi connectivity index (χ4v) is 3.45. The second kappa shape index (κ2) is 7.00. The molecule has 3 aromatic rings. The van der Waals surface area contributed by atoms with E-state index in [1.165, 1.54) is 31.0 Å². The van der Waals surface area contributed by atoms with E-state index in [1.807, 2.05) is 18.2 Å². The fourth-order valence-electron chi connectivity index (χ4n) is 2.83. The van der Waals surface area contributed by atoms with Gasteiger partial charge in [-0.2, -0.15) is 9.97 Å². The molecule has 1 aliphatic carbocycles. The highest BCUT2D eigenvalue weighted by Gasteiger charge is 2.28. The average molecular weight is 437 g/mol. The second-order valence-electron chi connectivity index (χ2n) is 6.44. The van der Waals surface area contributed by atoms with Gasteiger partial charge in [0.25, 0.3) is 0 Å². The van der Waals surface area contributed by atoms with Crippen LogP contribution in [0.4, 0.5) is 10.2 Å². The van der Waals surface area contributed by atoms with Gasteiger partial charge >= 0.3 is 6.01 Å². The molecular weight excluding hydrogens is 421 g/mol. The summed E-state index contributed by atoms with van der Waals surface area (Å²) in [5.41, 5.74) is 0.746. The zero-order valence-electron chi connectivity index (χ0n) is 14.0. The molecule has 0 spiro atoms. The molecule has 26 heavy (non-hydrogen) atoms. The van der Waals surface area contributed by atoms with Gasteiger partial charge in [0.15, 0.2) is 0 Å². The number of nitrogens with one attached hydrogen (secondary N) is 1. The van der Waals surface area contributed by atoms with Gasteiger partial charge in [-0.1, -0.05) is 17.7 Å². The van der Waals surface area contributed by atoms with E-state index in [9.17, 15) is 4.39 Å². The number of aromatic nitrogens is 2. The first kappa shape index (κ1) is 17.5. The van der Waals surface area contributed by atoms with E-state index >= 15 is 0 Å². The Kier molecular flexibility index (Phi) is 4.71. The molecule has 1 unspecified atom stereocenters. The van der Waals surface area contributed by atoms with E-state index in [0.29, 0.717) is 17.7 Å². The highest BCUT2D eigenvalue weighted by Crippen LogP contribution is 2.36. The summed E-state index contributed by atoms with van der Waals surface area (Å²) in [6, 6.07) is 10.5. The molecule has 0 bridgehead atoms. The zero-order chi connectivity index (χ0) is 18.3. The van der Waals surface area contributed by atoms with Crippen LogP contribution in [-0.2, 0) is 0 Å². The van der Waals surface area contributed by atoms with Crippen molar-refractivity contribution >= 4 is 44.3 Å². The molecule has 7 heteroatoms. The van der Waals surface area contributed by atoms with E-state index in [1.54, 1.807) is 0 Å². The first-order chi connectivity index (χ1) is 12.5. The summed E-state index contributed by atoms with van der Waals surface area (Å²) in [7, 11) is 0. The lowest BCUT2D eigenvalue weighted by Gasteiger charge is -2.16. The monoisotopic (exact) mass is 435 g/mol. The number of fused-ring (bicyclic) bond motifs is 1. The molecule has 0 aliphatic heterocycles. The second-order valence-corrected chi connectivity index (χ2v) is 7.70. The molecule has 1 saturated carbocycles. The van der Waals surface area contributed by atoms with Crippen molar-refractivity contribution in [3.63, 3.8) is 0 Å². The molecule has 1 N–H and O–H groups in total. The third-order valence-corrected chi connectivity index (χ3v) is 5.38. The summed E-state index contributed by atoms with van der Waals surface area (Å²) in [6.07, 6.45) is 2.47. The lowest BCUT2D eigenvalue weighted by molar-refractivity contribution is 0.443. The molecule has 0 saturated heterocycles. The SMILES string of the molecule is CC(Nc1nc(Oc2ccc(F)c(Cl)c2)nc2c(Br)cccc12)C1CC1. The van der Waals surface area contributed by atoms with Gasteiger partial charge in [0, 0.05) is 22.0 Å². The maximum Gasteiger partial charge on any atom is 0.324 e. The fraction of sp³-hybridized carbons (Fsp3) is 0.263. The van der Waals surface area contributed by atoms with Crippen LogP contribution < -0.4 is 10.1 Å². The molecule has 0 amide bonds. The number of anilines is 1. The summed E-state index contributed by atoms with van der Waals surface area (Å²) in [4.78, 5) is 9.03. The van der Waals surface area contributed by atoms with Crippen molar-refractivity contribution < 1.29 is 9.13 Å². The smallest absolute Gasteiger partial charge is 0.324 e. The maximum absolute atomic E-state index is 13.4. The molecule has 1 fully saturated rings. The van der Waals surface area contributed by atoms with Gasteiger partial charge in [-0.15, -0.1) is 0 Å². The van der Waals surface area contributed by atoms with E-state index < -0.39 is 5.82 Å². The number of ether oxygens (including phenoxy) is 1. The number of para-hydroxylation sites is 1. The van der Waals surface area contributed by atoms with Gasteiger partial charge in [0.2, 0.25) is 0 Å². The summed E-state index contributed by atoms with van der Waals surface area (Å²) >= 11 is 9.36. The number of rotatable bonds is 5. The standard InChI is InChI=1S/C19H16BrClFN3O/c1-10(11-5-6-11)23-18-13-3-2-4-14(20)17(13)24-19(25-18)26-12-7-8-16(22)15(21)9-12/h2-4,7-11H,5-6H2,1H3,(H,23,24,25). The van der Waals surface area contributed by atoms with Gasteiger partial charge in [-0.3, -0.25) is 0 Å².